The van der Waals surface area contributed by atoms with Crippen LogP contribution in [-0.2, 0) is 0 Å². The fourth-order valence-electron chi connectivity index (χ4n) is 4.69. The summed E-state index contributed by atoms with van der Waals surface area (Å²) in [5.41, 5.74) is 0.700. The second kappa shape index (κ2) is 13.3. The first kappa shape index (κ1) is 26.8. The zero-order valence-corrected chi connectivity index (χ0v) is 22.7. The van der Waals surface area contributed by atoms with Crippen LogP contribution in [0.25, 0.3) is 21.0 Å². The van der Waals surface area contributed by atoms with Crippen LogP contribution in [0.3, 0.4) is 0 Å². The number of hydrogen-bond donors (Lipinski definition) is 1. The Bertz CT molecular complexity index is 1540. The molecule has 5 aromatic rings. The SMILES string of the molecule is O=C(c1ccccc1)n1c(=O)ccc2ccc(OCCCCN3CCNCC3)cc21.c1ccc2sccc2c1. The van der Waals surface area contributed by atoms with Crippen molar-refractivity contribution < 1.29 is 9.53 Å². The average molecular weight is 540 g/mol. The van der Waals surface area contributed by atoms with Gasteiger partial charge in [0.05, 0.1) is 12.1 Å². The van der Waals surface area contributed by atoms with Crippen molar-refractivity contribution in [3.8, 4) is 5.75 Å². The van der Waals surface area contributed by atoms with Gasteiger partial charge in [0.25, 0.3) is 11.5 Å². The molecule has 2 aromatic heterocycles. The Morgan fingerprint density at radius 1 is 0.846 bits per heavy atom. The minimum absolute atomic E-state index is 0.334. The number of unbranched alkanes of at least 4 members (excludes halogenated alkanes) is 1. The highest BCUT2D eigenvalue weighted by molar-refractivity contribution is 7.17. The third-order valence-corrected chi connectivity index (χ3v) is 7.70. The molecule has 0 amide bonds. The fourth-order valence-corrected chi connectivity index (χ4v) is 5.48. The summed E-state index contributed by atoms with van der Waals surface area (Å²) in [4.78, 5) is 27.9. The van der Waals surface area contributed by atoms with Crippen molar-refractivity contribution in [2.45, 2.75) is 12.8 Å². The third-order valence-electron chi connectivity index (χ3n) is 6.80. The van der Waals surface area contributed by atoms with E-state index in [1.165, 1.54) is 20.7 Å². The molecule has 0 aliphatic carbocycles. The van der Waals surface area contributed by atoms with Crippen molar-refractivity contribution in [2.75, 3.05) is 39.3 Å². The summed E-state index contributed by atoms with van der Waals surface area (Å²) in [7, 11) is 0. The molecule has 0 saturated carbocycles. The van der Waals surface area contributed by atoms with Gasteiger partial charge in [0.15, 0.2) is 0 Å². The van der Waals surface area contributed by atoms with Crippen LogP contribution in [-0.4, -0.2) is 54.7 Å². The van der Waals surface area contributed by atoms with E-state index in [2.05, 4.69) is 45.9 Å². The lowest BCUT2D eigenvalue weighted by molar-refractivity contribution is 0.0961. The van der Waals surface area contributed by atoms with Crippen LogP contribution in [0, 0.1) is 0 Å². The molecule has 0 atom stereocenters. The van der Waals surface area contributed by atoms with Gasteiger partial charge in [-0.2, -0.15) is 0 Å². The molecule has 0 unspecified atom stereocenters. The van der Waals surface area contributed by atoms with Crippen LogP contribution >= 0.6 is 11.3 Å². The molecule has 6 rings (SSSR count). The average Bonchev–Trinajstić information content (AvgIpc) is 3.47. The minimum Gasteiger partial charge on any atom is -0.494 e. The van der Waals surface area contributed by atoms with E-state index < -0.39 is 0 Å². The normalized spacial score (nSPS) is 13.6. The maximum Gasteiger partial charge on any atom is 0.265 e. The molecule has 7 heteroatoms. The monoisotopic (exact) mass is 539 g/mol. The van der Waals surface area contributed by atoms with Crippen LogP contribution in [0.1, 0.15) is 23.2 Å². The van der Waals surface area contributed by atoms with Gasteiger partial charge in [-0.05, 0) is 78.0 Å². The first-order valence-electron chi connectivity index (χ1n) is 13.4. The van der Waals surface area contributed by atoms with E-state index in [-0.39, 0.29) is 11.5 Å². The first-order chi connectivity index (χ1) is 19.2. The van der Waals surface area contributed by atoms with Crippen LogP contribution in [0.15, 0.2) is 101 Å². The second-order valence-electron chi connectivity index (χ2n) is 9.50. The Morgan fingerprint density at radius 3 is 2.44 bits per heavy atom. The van der Waals surface area contributed by atoms with Crippen molar-refractivity contribution in [2.24, 2.45) is 0 Å². The van der Waals surface area contributed by atoms with Crippen LogP contribution in [0.4, 0.5) is 0 Å². The Morgan fingerprint density at radius 2 is 1.62 bits per heavy atom. The molecule has 0 radical (unpaired) electrons. The number of carbonyl (C=O) groups excluding carboxylic acids is 1. The van der Waals surface area contributed by atoms with Gasteiger partial charge in [0.2, 0.25) is 0 Å². The van der Waals surface area contributed by atoms with Gasteiger partial charge in [-0.15, -0.1) is 11.3 Å². The molecule has 0 spiro atoms. The molecule has 3 aromatic carbocycles. The van der Waals surface area contributed by atoms with Gasteiger partial charge >= 0.3 is 0 Å². The first-order valence-corrected chi connectivity index (χ1v) is 14.3. The number of ether oxygens (including phenoxy) is 1. The van der Waals surface area contributed by atoms with E-state index in [4.69, 9.17) is 4.74 Å². The highest BCUT2D eigenvalue weighted by atomic mass is 32.1. The number of rotatable bonds is 7. The van der Waals surface area contributed by atoms with E-state index >= 15 is 0 Å². The molecule has 1 saturated heterocycles. The number of carbonyl (C=O) groups is 1. The maximum atomic E-state index is 13.0. The molecular weight excluding hydrogens is 506 g/mol. The summed E-state index contributed by atoms with van der Waals surface area (Å²) in [6.45, 7) is 6.06. The minimum atomic E-state index is -0.343. The molecule has 3 heterocycles. The number of benzene rings is 3. The van der Waals surface area contributed by atoms with E-state index in [0.717, 1.165) is 51.0 Å². The zero-order valence-electron chi connectivity index (χ0n) is 21.9. The number of aromatic nitrogens is 1. The van der Waals surface area contributed by atoms with E-state index in [9.17, 15) is 9.59 Å². The van der Waals surface area contributed by atoms with Gasteiger partial charge in [-0.1, -0.05) is 36.4 Å². The summed E-state index contributed by atoms with van der Waals surface area (Å²) in [6.07, 6.45) is 2.05. The standard InChI is InChI=1S/C24H27N3O3.C8H6S/c28-23-11-9-19-8-10-21(30-17-5-4-14-26-15-12-25-13-16-26)18-22(19)27(23)24(29)20-6-2-1-3-7-20;1-2-4-8-7(3-1)5-6-9-8/h1-3,6-11,18,25H,4-5,12-17H2;1-6H. The van der Waals surface area contributed by atoms with Crippen LogP contribution in [0.5, 0.6) is 5.75 Å². The summed E-state index contributed by atoms with van der Waals surface area (Å²) in [5, 5.41) is 7.65. The summed E-state index contributed by atoms with van der Waals surface area (Å²) in [5.74, 6) is 0.337. The Labute approximate surface area is 232 Å². The van der Waals surface area contributed by atoms with Crippen LogP contribution < -0.4 is 15.6 Å². The number of piperazine rings is 1. The van der Waals surface area contributed by atoms with Crippen molar-refractivity contribution in [1.29, 1.82) is 0 Å². The van der Waals surface area contributed by atoms with E-state index in [1.54, 1.807) is 47.7 Å². The van der Waals surface area contributed by atoms with Crippen molar-refractivity contribution in [1.82, 2.24) is 14.8 Å². The Kier molecular flexibility index (Phi) is 9.17. The molecule has 1 aliphatic heterocycles. The number of thiophene rings is 1. The number of nitrogens with zero attached hydrogens (tertiary/aromatic N) is 2. The highest BCUT2D eigenvalue weighted by Gasteiger charge is 2.14. The van der Waals surface area contributed by atoms with Gasteiger partial charge < -0.3 is 15.0 Å². The van der Waals surface area contributed by atoms with Gasteiger partial charge in [-0.3, -0.25) is 9.59 Å². The maximum absolute atomic E-state index is 13.0. The number of hydrogen-bond acceptors (Lipinski definition) is 6. The Hall–Kier alpha value is -3.78. The van der Waals surface area contributed by atoms with Crippen molar-refractivity contribution >= 4 is 38.2 Å². The van der Waals surface area contributed by atoms with Gasteiger partial charge in [0, 0.05) is 48.6 Å². The van der Waals surface area contributed by atoms with Crippen LogP contribution in [0.2, 0.25) is 0 Å². The lowest BCUT2D eigenvalue weighted by atomic mass is 10.1. The van der Waals surface area contributed by atoms with E-state index in [0.29, 0.717) is 23.4 Å². The number of nitrogens with one attached hydrogen (secondary N) is 1. The molecule has 1 aliphatic rings. The van der Waals surface area contributed by atoms with Crippen molar-refractivity contribution in [3.05, 3.63) is 112 Å². The van der Waals surface area contributed by atoms with Crippen molar-refractivity contribution in [3.63, 3.8) is 0 Å². The predicted molar refractivity (Wildman–Crippen MR) is 160 cm³/mol. The van der Waals surface area contributed by atoms with E-state index in [1.807, 2.05) is 18.2 Å². The summed E-state index contributed by atoms with van der Waals surface area (Å²) >= 11 is 1.79. The zero-order chi connectivity index (χ0) is 26.9. The van der Waals surface area contributed by atoms with Gasteiger partial charge in [0.1, 0.15) is 5.75 Å². The number of fused-ring (bicyclic) bond motifs is 2. The molecule has 39 heavy (non-hydrogen) atoms. The lowest BCUT2D eigenvalue weighted by Crippen LogP contribution is -2.43. The molecule has 6 nitrogen and oxygen atoms in total. The summed E-state index contributed by atoms with van der Waals surface area (Å²) < 4.78 is 8.52. The quantitative estimate of drug-likeness (QED) is 0.271. The molecule has 1 fully saturated rings. The third kappa shape index (κ3) is 7.00. The highest BCUT2D eigenvalue weighted by Crippen LogP contribution is 2.21. The molecule has 200 valence electrons. The molecular formula is C32H33N3O3S. The molecule has 1 N–H and O–H groups in total. The lowest BCUT2D eigenvalue weighted by Gasteiger charge is -2.26. The van der Waals surface area contributed by atoms with Gasteiger partial charge in [-0.25, -0.2) is 4.57 Å². The fraction of sp³-hybridized carbons (Fsp3) is 0.250. The largest absolute Gasteiger partial charge is 0.494 e. The predicted octanol–water partition coefficient (Wildman–Crippen LogP) is 5.66. The summed E-state index contributed by atoms with van der Waals surface area (Å²) in [6, 6.07) is 28.1. The number of pyridine rings is 1. The smallest absolute Gasteiger partial charge is 0.265 e. The molecule has 0 bridgehead atoms. The second-order valence-corrected chi connectivity index (χ2v) is 10.5. The Balaban J connectivity index is 0.000000287. The topological polar surface area (TPSA) is 63.6 Å².